The Labute approximate surface area is 112 Å². The van der Waals surface area contributed by atoms with Crippen molar-refractivity contribution >= 4 is 11.9 Å². The van der Waals surface area contributed by atoms with Crippen LogP contribution in [0.4, 0.5) is 0 Å². The largest absolute Gasteiger partial charge is 0.477 e. The van der Waals surface area contributed by atoms with E-state index in [1.54, 1.807) is 13.8 Å². The molecule has 19 heavy (non-hydrogen) atoms. The lowest BCUT2D eigenvalue weighted by atomic mass is 10.1. The van der Waals surface area contributed by atoms with Crippen LogP contribution < -0.4 is 5.32 Å². The zero-order valence-electron chi connectivity index (χ0n) is 11.5. The number of carbonyl (C=O) groups is 2. The molecule has 0 spiro atoms. The molecule has 1 aliphatic carbocycles. The van der Waals surface area contributed by atoms with Crippen molar-refractivity contribution in [1.29, 1.82) is 0 Å². The Kier molecular flexibility index (Phi) is 3.64. The predicted molar refractivity (Wildman–Crippen MR) is 71.4 cm³/mol. The maximum Gasteiger partial charge on any atom is 0.352 e. The third-order valence-corrected chi connectivity index (χ3v) is 3.89. The molecule has 1 unspecified atom stereocenters. The maximum atomic E-state index is 12.1. The maximum absolute atomic E-state index is 12.1. The van der Waals surface area contributed by atoms with E-state index in [-0.39, 0.29) is 11.6 Å². The van der Waals surface area contributed by atoms with Crippen molar-refractivity contribution in [2.75, 3.05) is 6.54 Å². The van der Waals surface area contributed by atoms with Gasteiger partial charge in [-0.15, -0.1) is 0 Å². The predicted octanol–water partition coefficient (Wildman–Crippen LogP) is 2.11. The van der Waals surface area contributed by atoms with Crippen molar-refractivity contribution in [2.45, 2.75) is 33.6 Å². The molecule has 1 saturated carbocycles. The van der Waals surface area contributed by atoms with Crippen LogP contribution in [0, 0.1) is 25.7 Å². The molecule has 1 fully saturated rings. The molecule has 1 atom stereocenters. The van der Waals surface area contributed by atoms with E-state index in [0.29, 0.717) is 29.3 Å². The summed E-state index contributed by atoms with van der Waals surface area (Å²) < 4.78 is 0. The summed E-state index contributed by atoms with van der Waals surface area (Å²) in [5, 5.41) is 11.9. The van der Waals surface area contributed by atoms with E-state index in [2.05, 4.69) is 17.2 Å². The van der Waals surface area contributed by atoms with E-state index in [1.807, 2.05) is 0 Å². The summed E-state index contributed by atoms with van der Waals surface area (Å²) in [7, 11) is 0. The van der Waals surface area contributed by atoms with Gasteiger partial charge >= 0.3 is 5.97 Å². The molecular formula is C14H20N2O3. The number of carbonyl (C=O) groups excluding carboxylic acids is 1. The highest BCUT2D eigenvalue weighted by Crippen LogP contribution is 2.36. The van der Waals surface area contributed by atoms with E-state index < -0.39 is 5.97 Å². The topological polar surface area (TPSA) is 82.2 Å². The second kappa shape index (κ2) is 5.07. The average Bonchev–Trinajstić information content (AvgIpc) is 3.12. The van der Waals surface area contributed by atoms with E-state index in [1.165, 1.54) is 12.8 Å². The van der Waals surface area contributed by atoms with Crippen LogP contribution >= 0.6 is 0 Å². The molecule has 0 radical (unpaired) electrons. The summed E-state index contributed by atoms with van der Waals surface area (Å²) in [5.41, 5.74) is 1.66. The Balaban J connectivity index is 2.07. The highest BCUT2D eigenvalue weighted by atomic mass is 16.4. The quantitative estimate of drug-likeness (QED) is 0.761. The fourth-order valence-corrected chi connectivity index (χ4v) is 2.48. The number of aromatic carboxylic acids is 1. The van der Waals surface area contributed by atoms with Gasteiger partial charge in [-0.05, 0) is 44.1 Å². The molecule has 1 heterocycles. The normalized spacial score (nSPS) is 16.2. The van der Waals surface area contributed by atoms with Crippen LogP contribution in [-0.4, -0.2) is 28.5 Å². The van der Waals surface area contributed by atoms with Crippen molar-refractivity contribution in [1.82, 2.24) is 10.3 Å². The van der Waals surface area contributed by atoms with Crippen LogP contribution in [-0.2, 0) is 0 Å². The number of hydrogen-bond donors (Lipinski definition) is 3. The van der Waals surface area contributed by atoms with Gasteiger partial charge in [-0.1, -0.05) is 6.92 Å². The Morgan fingerprint density at radius 3 is 2.53 bits per heavy atom. The van der Waals surface area contributed by atoms with Gasteiger partial charge in [-0.25, -0.2) is 4.79 Å². The Morgan fingerprint density at radius 2 is 2.05 bits per heavy atom. The monoisotopic (exact) mass is 264 g/mol. The number of carboxylic acids is 1. The van der Waals surface area contributed by atoms with Crippen LogP contribution in [0.1, 0.15) is 51.9 Å². The lowest BCUT2D eigenvalue weighted by molar-refractivity contribution is 0.0690. The standard InChI is InChI=1S/C14H20N2O3/c1-7(10-4-5-10)6-15-13(17)11-8(2)12(14(18)19)16-9(11)3/h7,10,16H,4-6H2,1-3H3,(H,15,17)(H,18,19). The molecule has 0 saturated heterocycles. The lowest BCUT2D eigenvalue weighted by Gasteiger charge is -2.11. The zero-order chi connectivity index (χ0) is 14.2. The number of hydrogen-bond acceptors (Lipinski definition) is 2. The molecule has 0 aromatic carbocycles. The van der Waals surface area contributed by atoms with Crippen LogP contribution in [0.2, 0.25) is 0 Å². The van der Waals surface area contributed by atoms with E-state index >= 15 is 0 Å². The first-order valence-corrected chi connectivity index (χ1v) is 6.62. The van der Waals surface area contributed by atoms with Gasteiger partial charge in [0, 0.05) is 12.2 Å². The van der Waals surface area contributed by atoms with Gasteiger partial charge in [0.25, 0.3) is 5.91 Å². The summed E-state index contributed by atoms with van der Waals surface area (Å²) >= 11 is 0. The SMILES string of the molecule is Cc1[nH]c(C(=O)O)c(C)c1C(=O)NCC(C)C1CC1. The van der Waals surface area contributed by atoms with E-state index in [0.717, 1.165) is 5.92 Å². The van der Waals surface area contributed by atoms with Gasteiger partial charge in [0.2, 0.25) is 0 Å². The van der Waals surface area contributed by atoms with Gasteiger partial charge < -0.3 is 15.4 Å². The third kappa shape index (κ3) is 2.80. The van der Waals surface area contributed by atoms with Gasteiger partial charge in [0.15, 0.2) is 0 Å². The van der Waals surface area contributed by atoms with E-state index in [9.17, 15) is 9.59 Å². The lowest BCUT2D eigenvalue weighted by Crippen LogP contribution is -2.29. The summed E-state index contributed by atoms with van der Waals surface area (Å²) in [5.74, 6) is 0.00277. The number of aromatic amines is 1. The van der Waals surface area contributed by atoms with E-state index in [4.69, 9.17) is 5.11 Å². The highest BCUT2D eigenvalue weighted by Gasteiger charge is 2.28. The minimum atomic E-state index is -1.04. The minimum absolute atomic E-state index is 0.0953. The minimum Gasteiger partial charge on any atom is -0.477 e. The fourth-order valence-electron chi connectivity index (χ4n) is 2.48. The first-order valence-electron chi connectivity index (χ1n) is 6.62. The smallest absolute Gasteiger partial charge is 0.352 e. The fraction of sp³-hybridized carbons (Fsp3) is 0.571. The first kappa shape index (κ1) is 13.6. The molecule has 104 valence electrons. The summed E-state index contributed by atoms with van der Waals surface area (Å²) in [6, 6.07) is 0. The molecule has 5 nitrogen and oxygen atoms in total. The van der Waals surface area contributed by atoms with Crippen LogP contribution in [0.15, 0.2) is 0 Å². The molecular weight excluding hydrogens is 244 g/mol. The summed E-state index contributed by atoms with van der Waals surface area (Å²) in [6.07, 6.45) is 2.50. The number of aryl methyl sites for hydroxylation is 1. The van der Waals surface area contributed by atoms with Gasteiger partial charge in [0.05, 0.1) is 5.56 Å². The molecule has 5 heteroatoms. The Hall–Kier alpha value is -1.78. The molecule has 1 aliphatic rings. The third-order valence-electron chi connectivity index (χ3n) is 3.89. The molecule has 2 rings (SSSR count). The number of H-pyrrole nitrogens is 1. The van der Waals surface area contributed by atoms with Crippen molar-refractivity contribution in [3.63, 3.8) is 0 Å². The number of amides is 1. The first-order chi connectivity index (χ1) is 8.91. The summed E-state index contributed by atoms with van der Waals surface area (Å²) in [4.78, 5) is 25.9. The van der Waals surface area contributed by atoms with Gasteiger partial charge in [-0.3, -0.25) is 4.79 Å². The molecule has 1 aromatic rings. The number of nitrogens with one attached hydrogen (secondary N) is 2. The molecule has 3 N–H and O–H groups in total. The molecule has 1 aromatic heterocycles. The zero-order valence-corrected chi connectivity index (χ0v) is 11.5. The van der Waals surface area contributed by atoms with Crippen molar-refractivity contribution in [2.24, 2.45) is 11.8 Å². The molecule has 0 bridgehead atoms. The van der Waals surface area contributed by atoms with Crippen LogP contribution in [0.3, 0.4) is 0 Å². The number of carboxylic acid groups (broad SMARTS) is 1. The van der Waals surface area contributed by atoms with Gasteiger partial charge in [-0.2, -0.15) is 0 Å². The number of aromatic nitrogens is 1. The Bertz CT molecular complexity index is 515. The highest BCUT2D eigenvalue weighted by molar-refractivity contribution is 6.00. The van der Waals surface area contributed by atoms with Crippen molar-refractivity contribution < 1.29 is 14.7 Å². The number of rotatable bonds is 5. The average molecular weight is 264 g/mol. The van der Waals surface area contributed by atoms with Crippen molar-refractivity contribution in [3.8, 4) is 0 Å². The Morgan fingerprint density at radius 1 is 1.42 bits per heavy atom. The van der Waals surface area contributed by atoms with Crippen LogP contribution in [0.5, 0.6) is 0 Å². The summed E-state index contributed by atoms with van der Waals surface area (Å²) in [6.45, 7) is 6.16. The van der Waals surface area contributed by atoms with Gasteiger partial charge in [0.1, 0.15) is 5.69 Å². The second-order valence-corrected chi connectivity index (χ2v) is 5.45. The van der Waals surface area contributed by atoms with Crippen LogP contribution in [0.25, 0.3) is 0 Å². The molecule has 0 aliphatic heterocycles. The van der Waals surface area contributed by atoms with Crippen molar-refractivity contribution in [3.05, 3.63) is 22.5 Å². The second-order valence-electron chi connectivity index (χ2n) is 5.45. The molecule has 1 amide bonds.